The van der Waals surface area contributed by atoms with Gasteiger partial charge in [0.2, 0.25) is 0 Å². The number of carbonyl (C=O) groups excluding carboxylic acids is 1. The molecule has 0 saturated carbocycles. The first-order valence-corrected chi connectivity index (χ1v) is 4.97. The molecule has 0 heterocycles. The SMILES string of the molecule is CC(=O)c1cc(C)cc(OC(F)F)c1Br. The van der Waals surface area contributed by atoms with Crippen molar-refractivity contribution in [2.24, 2.45) is 0 Å². The van der Waals surface area contributed by atoms with E-state index in [1.807, 2.05) is 0 Å². The average Bonchev–Trinajstić information content (AvgIpc) is 2.09. The molecule has 0 unspecified atom stereocenters. The van der Waals surface area contributed by atoms with Crippen LogP contribution in [0.5, 0.6) is 5.75 Å². The molecule has 0 amide bonds. The molecule has 0 atom stereocenters. The predicted octanol–water partition coefficient (Wildman–Crippen LogP) is 3.56. The van der Waals surface area contributed by atoms with E-state index in [1.165, 1.54) is 13.0 Å². The number of ether oxygens (including phenoxy) is 1. The van der Waals surface area contributed by atoms with Gasteiger partial charge in [0, 0.05) is 5.56 Å². The van der Waals surface area contributed by atoms with Gasteiger partial charge in [0.1, 0.15) is 5.75 Å². The topological polar surface area (TPSA) is 26.3 Å². The zero-order valence-electron chi connectivity index (χ0n) is 8.18. The zero-order valence-corrected chi connectivity index (χ0v) is 9.77. The van der Waals surface area contributed by atoms with E-state index >= 15 is 0 Å². The largest absolute Gasteiger partial charge is 0.434 e. The highest BCUT2D eigenvalue weighted by Crippen LogP contribution is 2.31. The van der Waals surface area contributed by atoms with E-state index in [4.69, 9.17) is 0 Å². The Labute approximate surface area is 94.4 Å². The zero-order chi connectivity index (χ0) is 11.6. The van der Waals surface area contributed by atoms with Crippen LogP contribution in [-0.4, -0.2) is 12.4 Å². The molecule has 0 fully saturated rings. The Balaban J connectivity index is 3.22. The van der Waals surface area contributed by atoms with E-state index in [1.54, 1.807) is 13.0 Å². The second-order valence-corrected chi connectivity index (χ2v) is 3.85. The lowest BCUT2D eigenvalue weighted by Gasteiger charge is -2.10. The molecule has 1 aromatic rings. The summed E-state index contributed by atoms with van der Waals surface area (Å²) in [6.07, 6.45) is 0. The summed E-state index contributed by atoms with van der Waals surface area (Å²) in [6, 6.07) is 3.06. The van der Waals surface area contributed by atoms with Gasteiger partial charge in [-0.05, 0) is 47.5 Å². The van der Waals surface area contributed by atoms with Crippen LogP contribution in [0.15, 0.2) is 16.6 Å². The average molecular weight is 279 g/mol. The van der Waals surface area contributed by atoms with E-state index in [2.05, 4.69) is 20.7 Å². The molecule has 5 heteroatoms. The van der Waals surface area contributed by atoms with Crippen molar-refractivity contribution in [3.8, 4) is 5.75 Å². The molecular formula is C10H9BrF2O2. The van der Waals surface area contributed by atoms with Gasteiger partial charge in [0.25, 0.3) is 0 Å². The van der Waals surface area contributed by atoms with Crippen LogP contribution in [0.1, 0.15) is 22.8 Å². The van der Waals surface area contributed by atoms with E-state index in [9.17, 15) is 13.6 Å². The van der Waals surface area contributed by atoms with Crippen LogP contribution in [0.25, 0.3) is 0 Å². The Bertz CT molecular complexity index is 391. The Hall–Kier alpha value is -0.970. The van der Waals surface area contributed by atoms with E-state index in [0.29, 0.717) is 11.1 Å². The smallest absolute Gasteiger partial charge is 0.387 e. The number of aryl methyl sites for hydroxylation is 1. The van der Waals surface area contributed by atoms with Crippen molar-refractivity contribution in [2.75, 3.05) is 0 Å². The Morgan fingerprint density at radius 1 is 1.47 bits per heavy atom. The third kappa shape index (κ3) is 2.99. The van der Waals surface area contributed by atoms with E-state index < -0.39 is 6.61 Å². The first-order valence-electron chi connectivity index (χ1n) is 4.17. The van der Waals surface area contributed by atoms with Crippen molar-refractivity contribution in [3.05, 3.63) is 27.7 Å². The first-order chi connectivity index (χ1) is 6.91. The second-order valence-electron chi connectivity index (χ2n) is 3.06. The standard InChI is InChI=1S/C10H9BrF2O2/c1-5-3-7(6(2)14)9(11)8(4-5)15-10(12)13/h3-4,10H,1-2H3. The molecule has 1 rings (SSSR count). The minimum Gasteiger partial charge on any atom is -0.434 e. The summed E-state index contributed by atoms with van der Waals surface area (Å²) in [4.78, 5) is 11.2. The lowest BCUT2D eigenvalue weighted by Crippen LogP contribution is -2.05. The fraction of sp³-hybridized carbons (Fsp3) is 0.300. The molecule has 0 bridgehead atoms. The van der Waals surface area contributed by atoms with Crippen LogP contribution in [0.4, 0.5) is 8.78 Å². The van der Waals surface area contributed by atoms with Gasteiger partial charge in [-0.1, -0.05) is 0 Å². The van der Waals surface area contributed by atoms with Crippen molar-refractivity contribution < 1.29 is 18.3 Å². The lowest BCUT2D eigenvalue weighted by molar-refractivity contribution is -0.0504. The van der Waals surface area contributed by atoms with Crippen molar-refractivity contribution in [1.82, 2.24) is 0 Å². The molecule has 1 aromatic carbocycles. The molecule has 0 aliphatic carbocycles. The van der Waals surface area contributed by atoms with Gasteiger partial charge < -0.3 is 4.74 Å². The van der Waals surface area contributed by atoms with Gasteiger partial charge in [-0.25, -0.2) is 0 Å². The van der Waals surface area contributed by atoms with Crippen LogP contribution < -0.4 is 4.74 Å². The van der Waals surface area contributed by atoms with Crippen LogP contribution in [0, 0.1) is 6.92 Å². The number of carbonyl (C=O) groups is 1. The number of alkyl halides is 2. The summed E-state index contributed by atoms with van der Waals surface area (Å²) < 4.78 is 28.6. The fourth-order valence-corrected chi connectivity index (χ4v) is 1.78. The molecule has 0 aromatic heterocycles. The number of hydrogen-bond donors (Lipinski definition) is 0. The third-order valence-corrected chi connectivity index (χ3v) is 2.60. The molecule has 0 N–H and O–H groups in total. The van der Waals surface area contributed by atoms with Gasteiger partial charge >= 0.3 is 6.61 Å². The minimum absolute atomic E-state index is 0.0183. The molecule has 0 aliphatic heterocycles. The monoisotopic (exact) mass is 278 g/mol. The van der Waals surface area contributed by atoms with Crippen molar-refractivity contribution in [3.63, 3.8) is 0 Å². The lowest BCUT2D eigenvalue weighted by atomic mass is 10.1. The number of rotatable bonds is 3. The maximum atomic E-state index is 12.0. The summed E-state index contributed by atoms with van der Waals surface area (Å²) in [5.74, 6) is -0.222. The Morgan fingerprint density at radius 2 is 2.07 bits per heavy atom. The summed E-state index contributed by atoms with van der Waals surface area (Å²) in [5, 5.41) is 0. The molecule has 15 heavy (non-hydrogen) atoms. The maximum Gasteiger partial charge on any atom is 0.387 e. The molecule has 0 aliphatic rings. The van der Waals surface area contributed by atoms with Crippen LogP contribution in [0.2, 0.25) is 0 Å². The number of Topliss-reactive ketones (excluding diaryl/α,β-unsaturated/α-hetero) is 1. The fourth-order valence-electron chi connectivity index (χ4n) is 1.17. The highest BCUT2D eigenvalue weighted by molar-refractivity contribution is 9.10. The highest BCUT2D eigenvalue weighted by atomic mass is 79.9. The van der Waals surface area contributed by atoms with Crippen LogP contribution in [-0.2, 0) is 0 Å². The maximum absolute atomic E-state index is 12.0. The number of halogens is 3. The molecule has 82 valence electrons. The normalized spacial score (nSPS) is 10.5. The van der Waals surface area contributed by atoms with Crippen molar-refractivity contribution >= 4 is 21.7 Å². The molecule has 0 spiro atoms. The van der Waals surface area contributed by atoms with Gasteiger partial charge in [-0.3, -0.25) is 4.79 Å². The third-order valence-electron chi connectivity index (χ3n) is 1.78. The van der Waals surface area contributed by atoms with Crippen LogP contribution >= 0.6 is 15.9 Å². The number of hydrogen-bond acceptors (Lipinski definition) is 2. The van der Waals surface area contributed by atoms with E-state index in [0.717, 1.165) is 0 Å². The van der Waals surface area contributed by atoms with Crippen molar-refractivity contribution in [2.45, 2.75) is 20.5 Å². The van der Waals surface area contributed by atoms with Crippen molar-refractivity contribution in [1.29, 1.82) is 0 Å². The first kappa shape index (κ1) is 12.1. The molecule has 0 radical (unpaired) electrons. The van der Waals surface area contributed by atoms with Gasteiger partial charge in [-0.15, -0.1) is 0 Å². The van der Waals surface area contributed by atoms with Gasteiger partial charge in [0.15, 0.2) is 5.78 Å². The van der Waals surface area contributed by atoms with Crippen LogP contribution in [0.3, 0.4) is 0 Å². The van der Waals surface area contributed by atoms with E-state index in [-0.39, 0.29) is 16.0 Å². The summed E-state index contributed by atoms with van der Waals surface area (Å²) in [5.41, 5.74) is 1.03. The van der Waals surface area contributed by atoms with Gasteiger partial charge in [0.05, 0.1) is 4.47 Å². The molecule has 2 nitrogen and oxygen atoms in total. The number of ketones is 1. The molecular weight excluding hydrogens is 270 g/mol. The highest BCUT2D eigenvalue weighted by Gasteiger charge is 2.14. The molecule has 0 saturated heterocycles. The Kier molecular flexibility index (Phi) is 3.79. The minimum atomic E-state index is -2.90. The number of benzene rings is 1. The summed E-state index contributed by atoms with van der Waals surface area (Å²) in [6.45, 7) is 0.172. The summed E-state index contributed by atoms with van der Waals surface area (Å²) in [7, 11) is 0. The quantitative estimate of drug-likeness (QED) is 0.791. The summed E-state index contributed by atoms with van der Waals surface area (Å²) >= 11 is 3.07. The Morgan fingerprint density at radius 3 is 2.53 bits per heavy atom. The second kappa shape index (κ2) is 4.70. The predicted molar refractivity (Wildman–Crippen MR) is 55.5 cm³/mol. The van der Waals surface area contributed by atoms with Gasteiger partial charge in [-0.2, -0.15) is 8.78 Å².